The molecule has 170 valence electrons. The van der Waals surface area contributed by atoms with E-state index in [4.69, 9.17) is 4.74 Å². The Balaban J connectivity index is 0.00000171. The number of thioether (sulfide) groups is 1. The molecule has 1 aromatic rings. The molecule has 0 saturated carbocycles. The van der Waals surface area contributed by atoms with E-state index in [0.29, 0.717) is 11.6 Å². The SMILES string of the molecule is COc1ccccc1N1CCN(CCSC2(C(=O)O)NN=C3C=CC=CN32)CC1.Cl.O. The van der Waals surface area contributed by atoms with E-state index in [9.17, 15) is 9.90 Å². The highest BCUT2D eigenvalue weighted by Gasteiger charge is 2.49. The van der Waals surface area contributed by atoms with E-state index in [-0.39, 0.29) is 17.9 Å². The number of nitrogens with zero attached hydrogens (tertiary/aromatic N) is 4. The Morgan fingerprint density at radius 2 is 2.00 bits per heavy atom. The van der Waals surface area contributed by atoms with Gasteiger partial charge in [0.25, 0.3) is 4.99 Å². The summed E-state index contributed by atoms with van der Waals surface area (Å²) < 4.78 is 5.48. The molecule has 0 bridgehead atoms. The van der Waals surface area contributed by atoms with Crippen LogP contribution >= 0.6 is 24.2 Å². The molecule has 1 unspecified atom stereocenters. The molecule has 11 heteroatoms. The van der Waals surface area contributed by atoms with Crippen LogP contribution < -0.4 is 15.1 Å². The second kappa shape index (κ2) is 10.8. The Hall–Kier alpha value is -2.40. The number of nitrogens with one attached hydrogen (secondary N) is 1. The number of carboxylic acids is 1. The molecule has 1 fully saturated rings. The van der Waals surface area contributed by atoms with Crippen molar-refractivity contribution in [3.63, 3.8) is 0 Å². The lowest BCUT2D eigenvalue weighted by atomic mass is 10.2. The zero-order chi connectivity index (χ0) is 20.3. The average Bonchev–Trinajstić information content (AvgIpc) is 3.14. The topological polar surface area (TPSA) is 112 Å². The fourth-order valence-corrected chi connectivity index (χ4v) is 4.89. The second-order valence-electron chi connectivity index (χ2n) is 6.95. The van der Waals surface area contributed by atoms with E-state index >= 15 is 0 Å². The summed E-state index contributed by atoms with van der Waals surface area (Å²) >= 11 is 1.36. The predicted molar refractivity (Wildman–Crippen MR) is 126 cm³/mol. The Morgan fingerprint density at radius 3 is 2.71 bits per heavy atom. The maximum atomic E-state index is 12.0. The highest BCUT2D eigenvalue weighted by atomic mass is 35.5. The fourth-order valence-electron chi connectivity index (χ4n) is 3.72. The first kappa shape index (κ1) is 24.9. The minimum absolute atomic E-state index is 0. The van der Waals surface area contributed by atoms with E-state index in [1.54, 1.807) is 24.3 Å². The molecule has 0 radical (unpaired) electrons. The van der Waals surface area contributed by atoms with E-state index in [0.717, 1.165) is 44.2 Å². The van der Waals surface area contributed by atoms with Gasteiger partial charge in [-0.1, -0.05) is 30.0 Å². The van der Waals surface area contributed by atoms with Gasteiger partial charge in [0.05, 0.1) is 12.8 Å². The third-order valence-electron chi connectivity index (χ3n) is 5.31. The van der Waals surface area contributed by atoms with Crippen LogP contribution in [0.15, 0.2) is 53.8 Å². The minimum Gasteiger partial charge on any atom is -0.495 e. The van der Waals surface area contributed by atoms with Gasteiger partial charge in [0.2, 0.25) is 0 Å². The Kier molecular flexibility index (Phi) is 8.63. The van der Waals surface area contributed by atoms with Crippen molar-refractivity contribution in [2.75, 3.05) is 50.5 Å². The third kappa shape index (κ3) is 4.93. The summed E-state index contributed by atoms with van der Waals surface area (Å²) in [5, 5.41) is 14.0. The largest absolute Gasteiger partial charge is 0.495 e. The van der Waals surface area contributed by atoms with Crippen LogP contribution in [0.4, 0.5) is 5.69 Å². The van der Waals surface area contributed by atoms with Crippen LogP contribution in [0.1, 0.15) is 0 Å². The van der Waals surface area contributed by atoms with Crippen molar-refractivity contribution in [1.82, 2.24) is 15.2 Å². The average molecular weight is 470 g/mol. The summed E-state index contributed by atoms with van der Waals surface area (Å²) in [7, 11) is 1.70. The summed E-state index contributed by atoms with van der Waals surface area (Å²) in [5.74, 6) is 1.26. The number of aliphatic carboxylic acids is 1. The first-order chi connectivity index (χ1) is 14.1. The van der Waals surface area contributed by atoms with Gasteiger partial charge in [-0.3, -0.25) is 15.2 Å². The van der Waals surface area contributed by atoms with Gasteiger partial charge < -0.3 is 20.2 Å². The number of hydrogen-bond donors (Lipinski definition) is 2. The van der Waals surface area contributed by atoms with Crippen LogP contribution in [0.3, 0.4) is 0 Å². The lowest BCUT2D eigenvalue weighted by Crippen LogP contribution is -2.56. The lowest BCUT2D eigenvalue weighted by molar-refractivity contribution is -0.143. The van der Waals surface area contributed by atoms with Crippen LogP contribution in [0.5, 0.6) is 5.75 Å². The van der Waals surface area contributed by atoms with Crippen molar-refractivity contribution in [1.29, 1.82) is 0 Å². The molecule has 9 nitrogen and oxygen atoms in total. The number of methoxy groups -OCH3 is 1. The number of piperazine rings is 1. The monoisotopic (exact) mass is 469 g/mol. The molecule has 3 aliphatic rings. The molecule has 0 aliphatic carbocycles. The van der Waals surface area contributed by atoms with Crippen molar-refractivity contribution in [2.24, 2.45) is 5.10 Å². The van der Waals surface area contributed by atoms with Crippen molar-refractivity contribution < 1.29 is 20.1 Å². The normalized spacial score (nSPS) is 22.0. The number of amidine groups is 1. The number of ether oxygens (including phenoxy) is 1. The van der Waals surface area contributed by atoms with Crippen LogP contribution in [0.2, 0.25) is 0 Å². The van der Waals surface area contributed by atoms with Gasteiger partial charge in [0, 0.05) is 44.7 Å². The number of benzene rings is 1. The van der Waals surface area contributed by atoms with Gasteiger partial charge in [-0.2, -0.15) is 5.10 Å². The Labute approximate surface area is 192 Å². The lowest BCUT2D eigenvalue weighted by Gasteiger charge is -2.37. The zero-order valence-corrected chi connectivity index (χ0v) is 18.9. The molecule has 0 aromatic heterocycles. The molecule has 3 aliphatic heterocycles. The smallest absolute Gasteiger partial charge is 0.363 e. The van der Waals surface area contributed by atoms with E-state index < -0.39 is 11.0 Å². The molecule has 1 saturated heterocycles. The van der Waals surface area contributed by atoms with Crippen LogP contribution in [0, 0.1) is 0 Å². The standard InChI is InChI=1S/C20H25N5O3S.ClH.H2O/c1-28-17-7-3-2-6-16(17)24-12-10-23(11-13-24)14-15-29-20(19(26)27)22-21-18-8-4-5-9-25(18)20;;/h2-9,22H,10-15H2,1H3,(H,26,27);1H;1H2. The Bertz CT molecular complexity index is 860. The third-order valence-corrected chi connectivity index (χ3v) is 6.57. The van der Waals surface area contributed by atoms with E-state index in [1.165, 1.54) is 11.8 Å². The first-order valence-corrected chi connectivity index (χ1v) is 10.6. The van der Waals surface area contributed by atoms with Crippen LogP contribution in [-0.2, 0) is 4.79 Å². The first-order valence-electron chi connectivity index (χ1n) is 9.61. The van der Waals surface area contributed by atoms with Crippen molar-refractivity contribution in [3.05, 3.63) is 48.7 Å². The molecule has 3 heterocycles. The number of carbonyl (C=O) groups is 1. The van der Waals surface area contributed by atoms with E-state index in [1.807, 2.05) is 30.4 Å². The summed E-state index contributed by atoms with van der Waals surface area (Å²) in [5.41, 5.74) is 3.95. The summed E-state index contributed by atoms with van der Waals surface area (Å²) in [6.07, 6.45) is 7.23. The van der Waals surface area contributed by atoms with Crippen molar-refractivity contribution in [3.8, 4) is 5.75 Å². The Morgan fingerprint density at radius 1 is 1.26 bits per heavy atom. The second-order valence-corrected chi connectivity index (χ2v) is 8.24. The van der Waals surface area contributed by atoms with Crippen LogP contribution in [-0.4, -0.2) is 82.8 Å². The maximum Gasteiger partial charge on any atom is 0.363 e. The van der Waals surface area contributed by atoms with Gasteiger partial charge in [-0.25, -0.2) is 4.79 Å². The number of carboxylic acid groups (broad SMARTS) is 1. The number of hydrazone groups is 1. The number of anilines is 1. The molecule has 0 amide bonds. The molecule has 1 atom stereocenters. The van der Waals surface area contributed by atoms with Gasteiger partial charge in [-0.05, 0) is 24.3 Å². The molecule has 1 aromatic carbocycles. The summed E-state index contributed by atoms with van der Waals surface area (Å²) in [6, 6.07) is 8.08. The van der Waals surface area contributed by atoms with Gasteiger partial charge in [0.1, 0.15) is 5.75 Å². The highest BCUT2D eigenvalue weighted by Crippen LogP contribution is 2.33. The summed E-state index contributed by atoms with van der Waals surface area (Å²) in [4.78, 5) is 17.1. The predicted octanol–water partition coefficient (Wildman–Crippen LogP) is 1.19. The molecule has 31 heavy (non-hydrogen) atoms. The van der Waals surface area contributed by atoms with Crippen molar-refractivity contribution in [2.45, 2.75) is 4.99 Å². The van der Waals surface area contributed by atoms with Crippen LogP contribution in [0.25, 0.3) is 0 Å². The molecular formula is C20H28ClN5O4S. The van der Waals surface area contributed by atoms with Gasteiger partial charge >= 0.3 is 5.97 Å². The van der Waals surface area contributed by atoms with Gasteiger partial charge in [0.15, 0.2) is 5.84 Å². The zero-order valence-electron chi connectivity index (χ0n) is 17.2. The number of hydrogen-bond acceptors (Lipinski definition) is 8. The number of fused-ring (bicyclic) bond motifs is 1. The quantitative estimate of drug-likeness (QED) is 0.612. The molecule has 0 spiro atoms. The molecule has 4 N–H and O–H groups in total. The number of allylic oxidation sites excluding steroid dienone is 2. The highest BCUT2D eigenvalue weighted by molar-refractivity contribution is 8.01. The number of rotatable bonds is 7. The van der Waals surface area contributed by atoms with Crippen molar-refractivity contribution >= 4 is 41.7 Å². The molecule has 4 rings (SSSR count). The fraction of sp³-hybridized carbons (Fsp3) is 0.400. The number of para-hydroxylation sites is 2. The summed E-state index contributed by atoms with van der Waals surface area (Å²) in [6.45, 7) is 4.52. The molecular weight excluding hydrogens is 442 g/mol. The van der Waals surface area contributed by atoms with Gasteiger partial charge in [-0.15, -0.1) is 12.4 Å². The minimum atomic E-state index is -1.28. The number of halogens is 1. The van der Waals surface area contributed by atoms with E-state index in [2.05, 4.69) is 26.4 Å². The maximum absolute atomic E-state index is 12.0.